The number of nitrogens with zero attached hydrogens (tertiary/aromatic N) is 4. The predicted octanol–water partition coefficient (Wildman–Crippen LogP) is 5.47. The number of amides is 1. The van der Waals surface area contributed by atoms with Crippen LogP contribution in [0.15, 0.2) is 67.0 Å². The van der Waals surface area contributed by atoms with E-state index in [1.807, 2.05) is 30.3 Å². The maximum Gasteiger partial charge on any atom is 0.410 e. The van der Waals surface area contributed by atoms with Crippen molar-refractivity contribution in [2.24, 2.45) is 0 Å². The van der Waals surface area contributed by atoms with Gasteiger partial charge in [0.25, 0.3) is 0 Å². The van der Waals surface area contributed by atoms with Crippen LogP contribution >= 0.6 is 11.6 Å². The third-order valence-electron chi connectivity index (χ3n) is 5.27. The predicted molar refractivity (Wildman–Crippen MR) is 135 cm³/mol. The molecule has 10 heteroatoms. The second kappa shape index (κ2) is 12.1. The molecule has 0 atom stereocenters. The Morgan fingerprint density at radius 2 is 1.94 bits per heavy atom. The van der Waals surface area contributed by atoms with Crippen LogP contribution in [0.2, 0.25) is 5.15 Å². The molecule has 4 rings (SSSR count). The van der Waals surface area contributed by atoms with E-state index in [9.17, 15) is 9.18 Å². The van der Waals surface area contributed by atoms with Crippen LogP contribution in [0.3, 0.4) is 0 Å². The number of fused-ring (bicyclic) bond motifs is 1. The molecule has 2 aromatic heterocycles. The average molecular weight is 510 g/mol. The summed E-state index contributed by atoms with van der Waals surface area (Å²) < 4.78 is 25.2. The van der Waals surface area contributed by atoms with Crippen molar-refractivity contribution in [2.75, 3.05) is 25.5 Å². The Labute approximate surface area is 213 Å². The first-order valence-corrected chi connectivity index (χ1v) is 11.7. The Bertz CT molecular complexity index is 1330. The zero-order chi connectivity index (χ0) is 25.3. The molecule has 0 bridgehead atoms. The number of carbonyl (C=O) groups is 1. The molecule has 186 valence electrons. The summed E-state index contributed by atoms with van der Waals surface area (Å²) in [5.41, 5.74) is 2.71. The number of halogens is 2. The third kappa shape index (κ3) is 6.79. The molecule has 0 aliphatic carbocycles. The Balaban J connectivity index is 1.29. The van der Waals surface area contributed by atoms with Gasteiger partial charge in [-0.1, -0.05) is 41.9 Å². The highest BCUT2D eigenvalue weighted by molar-refractivity contribution is 6.29. The Morgan fingerprint density at radius 1 is 1.11 bits per heavy atom. The third-order valence-corrected chi connectivity index (χ3v) is 5.48. The molecule has 1 N–H and O–H groups in total. The van der Waals surface area contributed by atoms with Crippen LogP contribution in [0, 0.1) is 5.82 Å². The number of carbonyl (C=O) groups excluding carboxylic acids is 1. The monoisotopic (exact) mass is 509 g/mol. The SMILES string of the molecule is CN(Cc1cc(F)ccc1OCCCNc1ncnc2ccc(Cl)nc12)C(=O)OCc1ccccc1. The molecule has 0 radical (unpaired) electrons. The Kier molecular flexibility index (Phi) is 8.46. The van der Waals surface area contributed by atoms with Gasteiger partial charge in [-0.15, -0.1) is 0 Å². The van der Waals surface area contributed by atoms with E-state index in [1.54, 1.807) is 25.2 Å². The summed E-state index contributed by atoms with van der Waals surface area (Å²) in [5.74, 6) is 0.674. The molecular formula is C26H25ClFN5O3. The minimum absolute atomic E-state index is 0.137. The summed E-state index contributed by atoms with van der Waals surface area (Å²) in [5, 5.41) is 3.58. The number of ether oxygens (including phenoxy) is 2. The van der Waals surface area contributed by atoms with E-state index in [0.717, 1.165) is 5.56 Å². The lowest BCUT2D eigenvalue weighted by molar-refractivity contribution is 0.102. The number of rotatable bonds is 10. The number of aromatic nitrogens is 3. The summed E-state index contributed by atoms with van der Waals surface area (Å²) >= 11 is 6.00. The van der Waals surface area contributed by atoms with Crippen molar-refractivity contribution < 1.29 is 18.7 Å². The van der Waals surface area contributed by atoms with Crippen LogP contribution in [-0.2, 0) is 17.9 Å². The Morgan fingerprint density at radius 3 is 2.78 bits per heavy atom. The molecule has 8 nitrogen and oxygen atoms in total. The van der Waals surface area contributed by atoms with Crippen molar-refractivity contribution in [1.82, 2.24) is 19.9 Å². The van der Waals surface area contributed by atoms with Gasteiger partial charge in [-0.3, -0.25) is 0 Å². The molecule has 2 heterocycles. The normalized spacial score (nSPS) is 10.8. The smallest absolute Gasteiger partial charge is 0.410 e. The van der Waals surface area contributed by atoms with Crippen molar-refractivity contribution in [2.45, 2.75) is 19.6 Å². The number of benzene rings is 2. The fourth-order valence-corrected chi connectivity index (χ4v) is 3.62. The highest BCUT2D eigenvalue weighted by Gasteiger charge is 2.15. The van der Waals surface area contributed by atoms with Gasteiger partial charge in [0.05, 0.1) is 18.7 Å². The van der Waals surface area contributed by atoms with E-state index in [1.165, 1.54) is 23.4 Å². The molecule has 0 aliphatic rings. The van der Waals surface area contributed by atoms with Crippen molar-refractivity contribution in [3.8, 4) is 5.75 Å². The summed E-state index contributed by atoms with van der Waals surface area (Å²) in [6.07, 6.45) is 1.59. The summed E-state index contributed by atoms with van der Waals surface area (Å²) in [7, 11) is 1.60. The molecule has 0 aliphatic heterocycles. The zero-order valence-corrected chi connectivity index (χ0v) is 20.4. The van der Waals surface area contributed by atoms with E-state index in [-0.39, 0.29) is 13.2 Å². The number of anilines is 1. The molecule has 0 unspecified atom stereocenters. The second-order valence-electron chi connectivity index (χ2n) is 8.00. The topological polar surface area (TPSA) is 89.5 Å². The first-order chi connectivity index (χ1) is 17.5. The van der Waals surface area contributed by atoms with E-state index in [4.69, 9.17) is 21.1 Å². The van der Waals surface area contributed by atoms with Crippen LogP contribution in [0.4, 0.5) is 15.0 Å². The number of pyridine rings is 1. The van der Waals surface area contributed by atoms with E-state index in [0.29, 0.717) is 52.9 Å². The van der Waals surface area contributed by atoms with Gasteiger partial charge < -0.3 is 19.7 Å². The van der Waals surface area contributed by atoms with Gasteiger partial charge in [0.15, 0.2) is 5.82 Å². The molecular weight excluding hydrogens is 485 g/mol. The van der Waals surface area contributed by atoms with Crippen molar-refractivity contribution in [1.29, 1.82) is 0 Å². The van der Waals surface area contributed by atoms with Gasteiger partial charge in [-0.25, -0.2) is 24.1 Å². The maximum absolute atomic E-state index is 13.9. The molecule has 4 aromatic rings. The van der Waals surface area contributed by atoms with Gasteiger partial charge in [0, 0.05) is 19.2 Å². The minimum atomic E-state index is -0.510. The first kappa shape index (κ1) is 25.1. The van der Waals surface area contributed by atoms with Crippen LogP contribution in [0.25, 0.3) is 11.0 Å². The summed E-state index contributed by atoms with van der Waals surface area (Å²) in [4.78, 5) is 26.5. The molecule has 1 amide bonds. The lowest BCUT2D eigenvalue weighted by atomic mass is 10.2. The largest absolute Gasteiger partial charge is 0.493 e. The molecule has 0 fully saturated rings. The number of hydrogen-bond donors (Lipinski definition) is 1. The lowest BCUT2D eigenvalue weighted by Gasteiger charge is -2.19. The molecule has 2 aromatic carbocycles. The lowest BCUT2D eigenvalue weighted by Crippen LogP contribution is -2.27. The van der Waals surface area contributed by atoms with Crippen LogP contribution in [-0.4, -0.2) is 46.1 Å². The van der Waals surface area contributed by atoms with Crippen LogP contribution in [0.5, 0.6) is 5.75 Å². The fraction of sp³-hybridized carbons (Fsp3) is 0.231. The number of hydrogen-bond acceptors (Lipinski definition) is 7. The molecule has 0 spiro atoms. The zero-order valence-electron chi connectivity index (χ0n) is 19.7. The molecule has 36 heavy (non-hydrogen) atoms. The van der Waals surface area contributed by atoms with Gasteiger partial charge in [-0.05, 0) is 42.3 Å². The summed E-state index contributed by atoms with van der Waals surface area (Å²) in [6, 6.07) is 17.1. The van der Waals surface area contributed by atoms with E-state index in [2.05, 4.69) is 20.3 Å². The van der Waals surface area contributed by atoms with E-state index >= 15 is 0 Å². The quantitative estimate of drug-likeness (QED) is 0.224. The molecule has 0 saturated heterocycles. The maximum atomic E-state index is 13.9. The van der Waals surface area contributed by atoms with Crippen molar-refractivity contribution in [3.63, 3.8) is 0 Å². The van der Waals surface area contributed by atoms with Gasteiger partial charge >= 0.3 is 6.09 Å². The van der Waals surface area contributed by atoms with Gasteiger partial charge in [0.1, 0.15) is 35.2 Å². The number of nitrogens with one attached hydrogen (secondary N) is 1. The first-order valence-electron chi connectivity index (χ1n) is 11.3. The minimum Gasteiger partial charge on any atom is -0.493 e. The average Bonchev–Trinajstić information content (AvgIpc) is 2.89. The second-order valence-corrected chi connectivity index (χ2v) is 8.39. The van der Waals surface area contributed by atoms with Crippen LogP contribution in [0.1, 0.15) is 17.5 Å². The van der Waals surface area contributed by atoms with E-state index < -0.39 is 11.9 Å². The standard InChI is InChI=1S/C26H25ClFN5O3/c1-33(26(34)36-16-18-6-3-2-4-7-18)15-19-14-20(28)8-10-22(19)35-13-5-12-29-25-24-21(30-17-31-25)9-11-23(27)32-24/h2-4,6-11,14,17H,5,12-13,15-16H2,1H3,(H,29,30,31). The fourth-order valence-electron chi connectivity index (χ4n) is 3.47. The van der Waals surface area contributed by atoms with Gasteiger partial charge in [-0.2, -0.15) is 0 Å². The highest BCUT2D eigenvalue weighted by atomic mass is 35.5. The summed E-state index contributed by atoms with van der Waals surface area (Å²) in [6.45, 7) is 1.22. The van der Waals surface area contributed by atoms with Crippen LogP contribution < -0.4 is 10.1 Å². The van der Waals surface area contributed by atoms with Gasteiger partial charge in [0.2, 0.25) is 0 Å². The molecule has 0 saturated carbocycles. The van der Waals surface area contributed by atoms with Crippen molar-refractivity contribution in [3.05, 3.63) is 89.1 Å². The Hall–Kier alpha value is -3.98. The highest BCUT2D eigenvalue weighted by Crippen LogP contribution is 2.22. The van der Waals surface area contributed by atoms with Crippen molar-refractivity contribution >= 4 is 34.5 Å².